The average molecular weight is 355 g/mol. The second-order valence-electron chi connectivity index (χ2n) is 5.63. The molecule has 6 nitrogen and oxygen atoms in total. The molecule has 126 valence electrons. The number of aromatic nitrogens is 4. The summed E-state index contributed by atoms with van der Waals surface area (Å²) in [4.78, 5) is 4.53. The number of hydrogen-bond acceptors (Lipinski definition) is 5. The normalized spacial score (nSPS) is 12.4. The quantitative estimate of drug-likeness (QED) is 0.539. The van der Waals surface area contributed by atoms with Gasteiger partial charge in [0.15, 0.2) is 6.10 Å². The van der Waals surface area contributed by atoms with Crippen molar-refractivity contribution in [1.82, 2.24) is 19.6 Å². The van der Waals surface area contributed by atoms with Gasteiger partial charge < -0.3 is 13.6 Å². The zero-order valence-corrected chi connectivity index (χ0v) is 14.2. The summed E-state index contributed by atoms with van der Waals surface area (Å²) in [6.07, 6.45) is 4.00. The summed E-state index contributed by atoms with van der Waals surface area (Å²) in [5.74, 6) is 1.57. The van der Waals surface area contributed by atoms with Gasteiger partial charge in [-0.15, -0.1) is 10.2 Å². The number of imidazole rings is 1. The molecular formula is C18H15ClN4O2. The monoisotopic (exact) mass is 354 g/mol. The molecule has 0 saturated heterocycles. The highest BCUT2D eigenvalue weighted by molar-refractivity contribution is 6.30. The van der Waals surface area contributed by atoms with Crippen LogP contribution in [0.3, 0.4) is 0 Å². The Morgan fingerprint density at radius 1 is 1.20 bits per heavy atom. The van der Waals surface area contributed by atoms with E-state index in [1.54, 1.807) is 12.1 Å². The summed E-state index contributed by atoms with van der Waals surface area (Å²) in [6.45, 7) is 1.85. The smallest absolute Gasteiger partial charge is 0.256 e. The minimum absolute atomic E-state index is 0.374. The lowest BCUT2D eigenvalue weighted by atomic mass is 10.3. The Bertz CT molecular complexity index is 978. The first-order chi connectivity index (χ1) is 12.2. The van der Waals surface area contributed by atoms with E-state index in [4.69, 9.17) is 20.8 Å². The first-order valence-corrected chi connectivity index (χ1v) is 8.22. The molecule has 0 amide bonds. The zero-order chi connectivity index (χ0) is 17.2. The molecule has 0 aliphatic rings. The molecule has 4 rings (SSSR count). The predicted molar refractivity (Wildman–Crippen MR) is 92.8 cm³/mol. The fourth-order valence-electron chi connectivity index (χ4n) is 2.52. The molecule has 1 atom stereocenters. The Hall–Kier alpha value is -2.86. The van der Waals surface area contributed by atoms with E-state index in [2.05, 4.69) is 15.2 Å². The van der Waals surface area contributed by atoms with Crippen LogP contribution in [-0.4, -0.2) is 19.6 Å². The Morgan fingerprint density at radius 2 is 2.12 bits per heavy atom. The molecule has 7 heteroatoms. The number of hydrogen-bond donors (Lipinski definition) is 0. The standard InChI is InChI=1S/C18H15ClN4O2/c1-12(24-15-6-4-5-13(19)9-15)18-22-21-17(25-18)10-14-11-23-8-3-2-7-16(23)20-14/h2-9,11-12H,10H2,1H3. The molecule has 1 unspecified atom stereocenters. The summed E-state index contributed by atoms with van der Waals surface area (Å²) in [7, 11) is 0. The molecule has 1 aromatic carbocycles. The van der Waals surface area contributed by atoms with Gasteiger partial charge in [-0.05, 0) is 37.3 Å². The highest BCUT2D eigenvalue weighted by Crippen LogP contribution is 2.24. The first kappa shape index (κ1) is 15.7. The van der Waals surface area contributed by atoms with E-state index in [1.165, 1.54) is 0 Å². The molecule has 4 aromatic rings. The molecule has 0 N–H and O–H groups in total. The fraction of sp³-hybridized carbons (Fsp3) is 0.167. The molecular weight excluding hydrogens is 340 g/mol. The van der Waals surface area contributed by atoms with Crippen molar-refractivity contribution in [2.24, 2.45) is 0 Å². The van der Waals surface area contributed by atoms with Crippen LogP contribution in [0.1, 0.15) is 30.5 Å². The Labute approximate surface area is 149 Å². The van der Waals surface area contributed by atoms with Crippen molar-refractivity contribution in [2.75, 3.05) is 0 Å². The minimum Gasteiger partial charge on any atom is -0.481 e. The molecule has 3 aromatic heterocycles. The molecule has 0 aliphatic heterocycles. The van der Waals surface area contributed by atoms with Gasteiger partial charge in [0.25, 0.3) is 5.89 Å². The molecule has 0 radical (unpaired) electrons. The van der Waals surface area contributed by atoms with Crippen LogP contribution >= 0.6 is 11.6 Å². The molecule has 0 bridgehead atoms. The summed E-state index contributed by atoms with van der Waals surface area (Å²) >= 11 is 5.96. The third kappa shape index (κ3) is 3.49. The van der Waals surface area contributed by atoms with Crippen LogP contribution in [0.5, 0.6) is 5.75 Å². The predicted octanol–water partition coefficient (Wildman–Crippen LogP) is 4.10. The van der Waals surface area contributed by atoms with E-state index in [0.29, 0.717) is 29.0 Å². The SMILES string of the molecule is CC(Oc1cccc(Cl)c1)c1nnc(Cc2cn3ccccc3n2)o1. The lowest BCUT2D eigenvalue weighted by Crippen LogP contribution is -2.03. The lowest BCUT2D eigenvalue weighted by molar-refractivity contribution is 0.186. The molecule has 0 spiro atoms. The van der Waals surface area contributed by atoms with Crippen LogP contribution in [0.4, 0.5) is 0 Å². The maximum absolute atomic E-state index is 5.96. The maximum atomic E-state index is 5.96. The van der Waals surface area contributed by atoms with E-state index >= 15 is 0 Å². The summed E-state index contributed by atoms with van der Waals surface area (Å²) in [5.41, 5.74) is 1.75. The third-order valence-electron chi connectivity index (χ3n) is 3.69. The van der Waals surface area contributed by atoms with E-state index in [9.17, 15) is 0 Å². The molecule has 0 saturated carbocycles. The van der Waals surface area contributed by atoms with Crippen molar-refractivity contribution < 1.29 is 9.15 Å². The molecule has 0 fully saturated rings. The van der Waals surface area contributed by atoms with Gasteiger partial charge in [0.1, 0.15) is 11.4 Å². The number of nitrogens with zero attached hydrogens (tertiary/aromatic N) is 4. The summed E-state index contributed by atoms with van der Waals surface area (Å²) < 4.78 is 13.5. The van der Waals surface area contributed by atoms with Crippen LogP contribution in [0.25, 0.3) is 5.65 Å². The van der Waals surface area contributed by atoms with E-state index in [1.807, 2.05) is 54.0 Å². The van der Waals surface area contributed by atoms with Crippen LogP contribution < -0.4 is 4.74 Å². The van der Waals surface area contributed by atoms with Gasteiger partial charge in [-0.1, -0.05) is 23.7 Å². The van der Waals surface area contributed by atoms with Gasteiger partial charge in [0.05, 0.1) is 12.1 Å². The van der Waals surface area contributed by atoms with Crippen LogP contribution in [0.2, 0.25) is 5.02 Å². The Morgan fingerprint density at radius 3 is 2.96 bits per heavy atom. The molecule has 0 aliphatic carbocycles. The van der Waals surface area contributed by atoms with Crippen molar-refractivity contribution in [1.29, 1.82) is 0 Å². The Kier molecular flexibility index (Phi) is 4.11. The number of fused-ring (bicyclic) bond motifs is 1. The number of rotatable bonds is 5. The topological polar surface area (TPSA) is 65.5 Å². The van der Waals surface area contributed by atoms with Gasteiger partial charge in [0.2, 0.25) is 5.89 Å². The van der Waals surface area contributed by atoms with Crippen molar-refractivity contribution >= 4 is 17.2 Å². The van der Waals surface area contributed by atoms with E-state index in [0.717, 1.165) is 11.3 Å². The van der Waals surface area contributed by atoms with E-state index in [-0.39, 0.29) is 6.10 Å². The number of benzene rings is 1. The van der Waals surface area contributed by atoms with Crippen molar-refractivity contribution in [3.8, 4) is 5.75 Å². The van der Waals surface area contributed by atoms with Gasteiger partial charge in [-0.2, -0.15) is 0 Å². The van der Waals surface area contributed by atoms with Gasteiger partial charge in [-0.3, -0.25) is 0 Å². The van der Waals surface area contributed by atoms with Crippen LogP contribution in [0, 0.1) is 0 Å². The Balaban J connectivity index is 1.47. The molecule has 25 heavy (non-hydrogen) atoms. The zero-order valence-electron chi connectivity index (χ0n) is 13.5. The first-order valence-electron chi connectivity index (χ1n) is 7.84. The van der Waals surface area contributed by atoms with E-state index < -0.39 is 0 Å². The highest BCUT2D eigenvalue weighted by atomic mass is 35.5. The van der Waals surface area contributed by atoms with Gasteiger partial charge in [0, 0.05) is 17.4 Å². The van der Waals surface area contributed by atoms with Crippen molar-refractivity contribution in [3.63, 3.8) is 0 Å². The van der Waals surface area contributed by atoms with Crippen LogP contribution in [0.15, 0.2) is 59.3 Å². The summed E-state index contributed by atoms with van der Waals surface area (Å²) in [5, 5.41) is 8.78. The van der Waals surface area contributed by atoms with Crippen molar-refractivity contribution in [3.05, 3.63) is 77.4 Å². The maximum Gasteiger partial charge on any atom is 0.256 e. The fourth-order valence-corrected chi connectivity index (χ4v) is 2.70. The number of halogens is 1. The highest BCUT2D eigenvalue weighted by Gasteiger charge is 2.17. The average Bonchev–Trinajstić information content (AvgIpc) is 3.21. The number of ether oxygens (including phenoxy) is 1. The molecule has 3 heterocycles. The summed E-state index contributed by atoms with van der Waals surface area (Å²) in [6, 6.07) is 13.0. The van der Waals surface area contributed by atoms with Crippen LogP contribution in [-0.2, 0) is 6.42 Å². The minimum atomic E-state index is -0.374. The van der Waals surface area contributed by atoms with Crippen molar-refractivity contribution in [2.45, 2.75) is 19.4 Å². The second kappa shape index (κ2) is 6.57. The lowest BCUT2D eigenvalue weighted by Gasteiger charge is -2.10. The van der Waals surface area contributed by atoms with Gasteiger partial charge in [-0.25, -0.2) is 4.98 Å². The largest absolute Gasteiger partial charge is 0.481 e. The van der Waals surface area contributed by atoms with Gasteiger partial charge >= 0.3 is 0 Å². The second-order valence-corrected chi connectivity index (χ2v) is 6.06. The third-order valence-corrected chi connectivity index (χ3v) is 3.92. The number of pyridine rings is 1.